The van der Waals surface area contributed by atoms with Crippen molar-refractivity contribution in [2.45, 2.75) is 57.4 Å². The van der Waals surface area contributed by atoms with Crippen molar-refractivity contribution in [3.63, 3.8) is 0 Å². The Bertz CT molecular complexity index is 1120. The van der Waals surface area contributed by atoms with E-state index in [0.29, 0.717) is 21.9 Å². The molecule has 2 aromatic rings. The standard InChI is InChI=1S/C27H33N3O4S/c1-34-21-8-4-2-6-19(21)25(32)24-20-7-3-5-9-22(20)35-27(24)29-23(31)16-30-14-12-18(13-15-30)28-26(33)17-10-11-17/h2,4,6,8,17-18H,3,5,7,9-16H2,1H3,(H,28,33)(H,29,31). The van der Waals surface area contributed by atoms with Gasteiger partial charge in [-0.15, -0.1) is 11.3 Å². The first-order valence-electron chi connectivity index (χ1n) is 12.7. The number of carbonyl (C=O) groups excluding carboxylic acids is 3. The number of ether oxygens (including phenoxy) is 1. The van der Waals surface area contributed by atoms with E-state index in [4.69, 9.17) is 4.74 Å². The summed E-state index contributed by atoms with van der Waals surface area (Å²) >= 11 is 1.54. The highest BCUT2D eigenvalue weighted by Crippen LogP contribution is 2.40. The average molecular weight is 496 g/mol. The molecular formula is C27H33N3O4S. The monoisotopic (exact) mass is 495 g/mol. The van der Waals surface area contributed by atoms with Crippen LogP contribution in [0, 0.1) is 5.92 Å². The quantitative estimate of drug-likeness (QED) is 0.544. The minimum atomic E-state index is -0.0989. The van der Waals surface area contributed by atoms with Crippen molar-refractivity contribution in [1.29, 1.82) is 0 Å². The maximum atomic E-state index is 13.7. The summed E-state index contributed by atoms with van der Waals surface area (Å²) in [6.07, 6.45) is 7.70. The largest absolute Gasteiger partial charge is 0.496 e. The molecule has 35 heavy (non-hydrogen) atoms. The van der Waals surface area contributed by atoms with Gasteiger partial charge in [0.1, 0.15) is 10.8 Å². The maximum Gasteiger partial charge on any atom is 0.239 e. The van der Waals surface area contributed by atoms with E-state index >= 15 is 0 Å². The molecule has 1 saturated carbocycles. The number of benzene rings is 1. The normalized spacial score (nSPS) is 18.5. The Hall–Kier alpha value is -2.71. The van der Waals surface area contributed by atoms with E-state index in [0.717, 1.165) is 70.0 Å². The fourth-order valence-electron chi connectivity index (χ4n) is 5.13. The van der Waals surface area contributed by atoms with E-state index in [-0.39, 0.29) is 36.1 Å². The van der Waals surface area contributed by atoms with Gasteiger partial charge >= 0.3 is 0 Å². The molecule has 7 nitrogen and oxygen atoms in total. The van der Waals surface area contributed by atoms with Gasteiger partial charge < -0.3 is 15.4 Å². The number of anilines is 1. The van der Waals surface area contributed by atoms with Gasteiger partial charge in [-0.3, -0.25) is 19.3 Å². The molecule has 2 fully saturated rings. The third-order valence-corrected chi connectivity index (χ3v) is 8.46. The number of hydrogen-bond acceptors (Lipinski definition) is 6. The number of piperidine rings is 1. The van der Waals surface area contributed by atoms with Crippen molar-refractivity contribution in [3.05, 3.63) is 45.8 Å². The summed E-state index contributed by atoms with van der Waals surface area (Å²) in [6.45, 7) is 1.84. The topological polar surface area (TPSA) is 87.7 Å². The smallest absolute Gasteiger partial charge is 0.239 e. The molecule has 8 heteroatoms. The highest BCUT2D eigenvalue weighted by atomic mass is 32.1. The van der Waals surface area contributed by atoms with Crippen LogP contribution in [0.1, 0.15) is 64.9 Å². The van der Waals surface area contributed by atoms with Crippen LogP contribution >= 0.6 is 11.3 Å². The number of thiophene rings is 1. The molecule has 2 aliphatic carbocycles. The summed E-state index contributed by atoms with van der Waals surface area (Å²) < 4.78 is 5.44. The Morgan fingerprint density at radius 1 is 1.06 bits per heavy atom. The summed E-state index contributed by atoms with van der Waals surface area (Å²) in [5.74, 6) is 0.767. The van der Waals surface area contributed by atoms with Crippen LogP contribution in [0.15, 0.2) is 24.3 Å². The molecule has 2 heterocycles. The van der Waals surface area contributed by atoms with Crippen molar-refractivity contribution in [2.24, 2.45) is 5.92 Å². The second kappa shape index (κ2) is 10.5. The zero-order valence-electron chi connectivity index (χ0n) is 20.2. The lowest BCUT2D eigenvalue weighted by Crippen LogP contribution is -2.46. The predicted molar refractivity (Wildman–Crippen MR) is 136 cm³/mol. The Labute approximate surface area is 210 Å². The Morgan fingerprint density at radius 2 is 1.80 bits per heavy atom. The van der Waals surface area contributed by atoms with Crippen molar-refractivity contribution >= 4 is 33.9 Å². The van der Waals surface area contributed by atoms with Crippen molar-refractivity contribution < 1.29 is 19.1 Å². The average Bonchev–Trinajstić information content (AvgIpc) is 3.66. The Morgan fingerprint density at radius 3 is 2.54 bits per heavy atom. The molecule has 2 amide bonds. The summed E-state index contributed by atoms with van der Waals surface area (Å²) in [7, 11) is 1.57. The van der Waals surface area contributed by atoms with Crippen molar-refractivity contribution in [2.75, 3.05) is 32.1 Å². The fraction of sp³-hybridized carbons (Fsp3) is 0.519. The van der Waals surface area contributed by atoms with Crippen molar-refractivity contribution in [1.82, 2.24) is 10.2 Å². The summed E-state index contributed by atoms with van der Waals surface area (Å²) in [5.41, 5.74) is 2.23. The molecule has 1 aromatic heterocycles. The first-order chi connectivity index (χ1) is 17.0. The third-order valence-electron chi connectivity index (χ3n) is 7.25. The van der Waals surface area contributed by atoms with E-state index < -0.39 is 0 Å². The highest BCUT2D eigenvalue weighted by Gasteiger charge is 2.32. The number of ketones is 1. The number of methoxy groups -OCH3 is 1. The number of nitrogens with one attached hydrogen (secondary N) is 2. The van der Waals surface area contributed by atoms with Crippen LogP contribution in [-0.4, -0.2) is 55.3 Å². The Balaban J connectivity index is 1.26. The molecule has 3 aliphatic rings. The van der Waals surface area contributed by atoms with Gasteiger partial charge in [0.05, 0.1) is 24.8 Å². The number of amides is 2. The summed E-state index contributed by atoms with van der Waals surface area (Å²) in [4.78, 5) is 42.1. The number of para-hydroxylation sites is 1. The van der Waals surface area contributed by atoms with Crippen LogP contribution in [0.3, 0.4) is 0 Å². The lowest BCUT2D eigenvalue weighted by molar-refractivity contribution is -0.123. The highest BCUT2D eigenvalue weighted by molar-refractivity contribution is 7.17. The van der Waals surface area contributed by atoms with Crippen LogP contribution in [0.25, 0.3) is 0 Å². The molecule has 5 rings (SSSR count). The number of aryl methyl sites for hydroxylation is 1. The van der Waals surface area contributed by atoms with Crippen LogP contribution < -0.4 is 15.4 Å². The molecule has 0 bridgehead atoms. The zero-order valence-corrected chi connectivity index (χ0v) is 21.0. The van der Waals surface area contributed by atoms with Crippen LogP contribution in [0.2, 0.25) is 0 Å². The van der Waals surface area contributed by atoms with Crippen LogP contribution in [0.5, 0.6) is 5.75 Å². The van der Waals surface area contributed by atoms with Gasteiger partial charge in [0, 0.05) is 29.9 Å². The molecule has 0 atom stereocenters. The number of fused-ring (bicyclic) bond motifs is 1. The summed E-state index contributed by atoms with van der Waals surface area (Å²) in [5, 5.41) is 6.89. The molecule has 1 aliphatic heterocycles. The van der Waals surface area contributed by atoms with E-state index in [1.807, 2.05) is 12.1 Å². The minimum absolute atomic E-state index is 0.0932. The van der Waals surface area contributed by atoms with E-state index in [2.05, 4.69) is 15.5 Å². The van der Waals surface area contributed by atoms with Gasteiger partial charge in [0.15, 0.2) is 5.78 Å². The molecule has 2 N–H and O–H groups in total. The van der Waals surface area contributed by atoms with Gasteiger partial charge in [-0.05, 0) is 69.1 Å². The lowest BCUT2D eigenvalue weighted by Gasteiger charge is -2.31. The van der Waals surface area contributed by atoms with Gasteiger partial charge in [0.25, 0.3) is 0 Å². The molecule has 186 valence electrons. The van der Waals surface area contributed by atoms with E-state index in [1.54, 1.807) is 30.6 Å². The van der Waals surface area contributed by atoms with Crippen molar-refractivity contribution in [3.8, 4) is 5.75 Å². The number of likely N-dealkylation sites (tertiary alicyclic amines) is 1. The number of hydrogen-bond donors (Lipinski definition) is 2. The predicted octanol–water partition coefficient (Wildman–Crippen LogP) is 3.80. The number of rotatable bonds is 8. The number of carbonyl (C=O) groups is 3. The third kappa shape index (κ3) is 5.43. The maximum absolute atomic E-state index is 13.7. The summed E-state index contributed by atoms with van der Waals surface area (Å²) in [6, 6.07) is 7.47. The Kier molecular flexibility index (Phi) is 7.20. The van der Waals surface area contributed by atoms with Gasteiger partial charge in [-0.25, -0.2) is 0 Å². The first-order valence-corrected chi connectivity index (χ1v) is 13.5. The van der Waals surface area contributed by atoms with E-state index in [9.17, 15) is 14.4 Å². The van der Waals surface area contributed by atoms with Gasteiger partial charge in [-0.2, -0.15) is 0 Å². The minimum Gasteiger partial charge on any atom is -0.496 e. The van der Waals surface area contributed by atoms with Crippen LogP contribution in [-0.2, 0) is 22.4 Å². The molecular weight excluding hydrogens is 462 g/mol. The first kappa shape index (κ1) is 24.0. The molecule has 1 saturated heterocycles. The van der Waals surface area contributed by atoms with Gasteiger partial charge in [0.2, 0.25) is 11.8 Å². The SMILES string of the molecule is COc1ccccc1C(=O)c1c(NC(=O)CN2CCC(NC(=O)C3CC3)CC2)sc2c1CCCC2. The second-order valence-corrected chi connectivity index (χ2v) is 10.9. The molecule has 1 aromatic carbocycles. The zero-order chi connectivity index (χ0) is 24.4. The van der Waals surface area contributed by atoms with Gasteiger partial charge in [-0.1, -0.05) is 12.1 Å². The second-order valence-electron chi connectivity index (χ2n) is 9.83. The van der Waals surface area contributed by atoms with Crippen LogP contribution in [0.4, 0.5) is 5.00 Å². The molecule has 0 unspecified atom stereocenters. The molecule has 0 radical (unpaired) electrons. The molecule has 0 spiro atoms. The fourth-order valence-corrected chi connectivity index (χ4v) is 6.43. The van der Waals surface area contributed by atoms with E-state index in [1.165, 1.54) is 4.88 Å². The lowest BCUT2D eigenvalue weighted by atomic mass is 9.91. The number of nitrogens with zero attached hydrogens (tertiary/aromatic N) is 1.